The predicted octanol–water partition coefficient (Wildman–Crippen LogP) is 3.00. The van der Waals surface area contributed by atoms with Crippen molar-refractivity contribution in [2.45, 2.75) is 83.8 Å². The average Bonchev–Trinajstić information content (AvgIpc) is 2.76. The quantitative estimate of drug-likeness (QED) is 0.708. The SMILES string of the molecule is C[C@]12CC[C@@H]([NH3+])C[C@@H]1CC[C@H]1[C@H]3CC[C@H](O)[C@]3(C)CC[C@@H]12. The van der Waals surface area contributed by atoms with Crippen LogP contribution in [0.15, 0.2) is 0 Å². The van der Waals surface area contributed by atoms with E-state index < -0.39 is 0 Å². The van der Waals surface area contributed by atoms with Gasteiger partial charge in [0.1, 0.15) is 0 Å². The maximum absolute atomic E-state index is 10.5. The molecule has 120 valence electrons. The van der Waals surface area contributed by atoms with E-state index in [2.05, 4.69) is 19.6 Å². The predicted molar refractivity (Wildman–Crippen MR) is 84.4 cm³/mol. The van der Waals surface area contributed by atoms with E-state index in [0.717, 1.165) is 30.1 Å². The zero-order valence-corrected chi connectivity index (χ0v) is 14.0. The highest BCUT2D eigenvalue weighted by Gasteiger charge is 2.60. The van der Waals surface area contributed by atoms with Crippen LogP contribution >= 0.6 is 0 Å². The highest BCUT2D eigenvalue weighted by molar-refractivity contribution is 5.09. The van der Waals surface area contributed by atoms with E-state index in [1.807, 2.05) is 0 Å². The van der Waals surface area contributed by atoms with Gasteiger partial charge in [-0.3, -0.25) is 0 Å². The molecule has 2 nitrogen and oxygen atoms in total. The van der Waals surface area contributed by atoms with Gasteiger partial charge in [-0.05, 0) is 85.9 Å². The van der Waals surface area contributed by atoms with Crippen LogP contribution in [0.1, 0.15) is 71.6 Å². The number of aliphatic hydroxyl groups excluding tert-OH is 1. The van der Waals surface area contributed by atoms with Crippen LogP contribution in [0, 0.1) is 34.5 Å². The molecular formula is C19H34NO+. The van der Waals surface area contributed by atoms with E-state index in [-0.39, 0.29) is 11.5 Å². The first kappa shape index (κ1) is 14.5. The molecule has 0 aliphatic heterocycles. The molecule has 0 amide bonds. The Balaban J connectivity index is 1.62. The summed E-state index contributed by atoms with van der Waals surface area (Å²) in [5.74, 6) is 3.59. The number of hydrogen-bond acceptors (Lipinski definition) is 1. The van der Waals surface area contributed by atoms with E-state index >= 15 is 0 Å². The third kappa shape index (κ3) is 1.91. The Morgan fingerprint density at radius 1 is 0.857 bits per heavy atom. The molecule has 0 aromatic carbocycles. The maximum atomic E-state index is 10.5. The van der Waals surface area contributed by atoms with Crippen molar-refractivity contribution in [1.29, 1.82) is 0 Å². The fourth-order valence-electron chi connectivity index (χ4n) is 7.32. The Labute approximate surface area is 129 Å². The summed E-state index contributed by atoms with van der Waals surface area (Å²) in [4.78, 5) is 0. The van der Waals surface area contributed by atoms with E-state index in [4.69, 9.17) is 0 Å². The van der Waals surface area contributed by atoms with E-state index in [1.54, 1.807) is 0 Å². The molecule has 8 atom stereocenters. The molecule has 2 heteroatoms. The highest BCUT2D eigenvalue weighted by Crippen LogP contribution is 2.65. The van der Waals surface area contributed by atoms with Crippen LogP contribution in [0.25, 0.3) is 0 Å². The lowest BCUT2D eigenvalue weighted by Gasteiger charge is -2.60. The molecule has 4 fully saturated rings. The summed E-state index contributed by atoms with van der Waals surface area (Å²) in [6.07, 6.45) is 12.0. The van der Waals surface area contributed by atoms with Crippen molar-refractivity contribution in [2.24, 2.45) is 34.5 Å². The van der Waals surface area contributed by atoms with Crippen LogP contribution in [0.2, 0.25) is 0 Å². The molecule has 4 aliphatic carbocycles. The molecule has 0 bridgehead atoms. The summed E-state index contributed by atoms with van der Waals surface area (Å²) in [5, 5.41) is 10.5. The monoisotopic (exact) mass is 292 g/mol. The van der Waals surface area contributed by atoms with Crippen molar-refractivity contribution in [3.63, 3.8) is 0 Å². The van der Waals surface area contributed by atoms with Crippen LogP contribution in [-0.2, 0) is 0 Å². The first-order valence-corrected chi connectivity index (χ1v) is 9.46. The normalized spacial score (nSPS) is 60.0. The van der Waals surface area contributed by atoms with Crippen LogP contribution in [-0.4, -0.2) is 17.3 Å². The van der Waals surface area contributed by atoms with Gasteiger partial charge in [0, 0.05) is 6.42 Å². The third-order valence-corrected chi connectivity index (χ3v) is 8.72. The molecule has 4 rings (SSSR count). The van der Waals surface area contributed by atoms with Crippen LogP contribution in [0.3, 0.4) is 0 Å². The van der Waals surface area contributed by atoms with E-state index in [1.165, 1.54) is 51.4 Å². The zero-order chi connectivity index (χ0) is 14.8. The Morgan fingerprint density at radius 3 is 2.38 bits per heavy atom. The third-order valence-electron chi connectivity index (χ3n) is 8.72. The summed E-state index contributed by atoms with van der Waals surface area (Å²) in [6, 6.07) is 0.710. The summed E-state index contributed by atoms with van der Waals surface area (Å²) in [6.45, 7) is 5.02. The molecular weight excluding hydrogens is 258 g/mol. The maximum Gasteiger partial charge on any atom is 0.0846 e. The molecule has 0 aromatic rings. The number of fused-ring (bicyclic) bond motifs is 5. The molecule has 21 heavy (non-hydrogen) atoms. The van der Waals surface area contributed by atoms with Gasteiger partial charge in [-0.1, -0.05) is 13.8 Å². The highest BCUT2D eigenvalue weighted by atomic mass is 16.3. The van der Waals surface area contributed by atoms with Crippen LogP contribution in [0.4, 0.5) is 0 Å². The fraction of sp³-hybridized carbons (Fsp3) is 1.00. The van der Waals surface area contributed by atoms with Gasteiger partial charge in [-0.2, -0.15) is 0 Å². The van der Waals surface area contributed by atoms with Crippen molar-refractivity contribution in [1.82, 2.24) is 0 Å². The van der Waals surface area contributed by atoms with Gasteiger partial charge in [-0.25, -0.2) is 0 Å². The second kappa shape index (κ2) is 4.71. The van der Waals surface area contributed by atoms with Gasteiger partial charge in [-0.15, -0.1) is 0 Å². The molecule has 4 N–H and O–H groups in total. The smallest absolute Gasteiger partial charge is 0.0846 e. The molecule has 0 heterocycles. The average molecular weight is 292 g/mol. The largest absolute Gasteiger partial charge is 0.393 e. The standard InChI is InChI=1S/C19H33NO/c1-18-9-7-13(20)11-12(18)3-4-14-15-5-6-17(21)19(15,2)10-8-16(14)18/h12-17,21H,3-11,20H2,1-2H3/p+1/t12-,13+,14-,15+,16-,17-,18-,19+/m0/s1. The summed E-state index contributed by atoms with van der Waals surface area (Å²) >= 11 is 0. The topological polar surface area (TPSA) is 47.9 Å². The van der Waals surface area contributed by atoms with Gasteiger partial charge in [0.05, 0.1) is 12.1 Å². The first-order chi connectivity index (χ1) is 9.95. The summed E-state index contributed by atoms with van der Waals surface area (Å²) < 4.78 is 0. The molecule has 0 spiro atoms. The van der Waals surface area contributed by atoms with Crippen molar-refractivity contribution < 1.29 is 10.8 Å². The van der Waals surface area contributed by atoms with Gasteiger partial charge >= 0.3 is 0 Å². The van der Waals surface area contributed by atoms with Crippen molar-refractivity contribution in [2.75, 3.05) is 0 Å². The van der Waals surface area contributed by atoms with Gasteiger partial charge in [0.15, 0.2) is 0 Å². The second-order valence-electron chi connectivity index (χ2n) is 9.43. The van der Waals surface area contributed by atoms with Crippen LogP contribution < -0.4 is 5.73 Å². The minimum atomic E-state index is -0.0236. The molecule has 0 aromatic heterocycles. The summed E-state index contributed by atoms with van der Waals surface area (Å²) in [5.41, 5.74) is 5.20. The Morgan fingerprint density at radius 2 is 1.57 bits per heavy atom. The van der Waals surface area contributed by atoms with Crippen molar-refractivity contribution >= 4 is 0 Å². The Kier molecular flexibility index (Phi) is 3.25. The zero-order valence-electron chi connectivity index (χ0n) is 14.0. The first-order valence-electron chi connectivity index (χ1n) is 9.46. The van der Waals surface area contributed by atoms with E-state index in [0.29, 0.717) is 11.5 Å². The minimum absolute atomic E-state index is 0.0236. The lowest BCUT2D eigenvalue weighted by molar-refractivity contribution is -0.433. The molecule has 4 saturated carbocycles. The number of hydrogen-bond donors (Lipinski definition) is 2. The van der Waals surface area contributed by atoms with E-state index in [9.17, 15) is 5.11 Å². The van der Waals surface area contributed by atoms with Gasteiger partial charge in [0.25, 0.3) is 0 Å². The number of rotatable bonds is 0. The Hall–Kier alpha value is -0.0800. The molecule has 0 saturated heterocycles. The Bertz CT molecular complexity index is 424. The number of aliphatic hydroxyl groups is 1. The molecule has 0 unspecified atom stereocenters. The lowest BCUT2D eigenvalue weighted by Crippen LogP contribution is -2.65. The van der Waals surface area contributed by atoms with Gasteiger partial charge in [0.2, 0.25) is 0 Å². The van der Waals surface area contributed by atoms with Crippen molar-refractivity contribution in [3.05, 3.63) is 0 Å². The second-order valence-corrected chi connectivity index (χ2v) is 9.43. The molecule has 4 aliphatic rings. The van der Waals surface area contributed by atoms with Gasteiger partial charge < -0.3 is 10.8 Å². The molecule has 0 radical (unpaired) electrons. The van der Waals surface area contributed by atoms with Crippen molar-refractivity contribution in [3.8, 4) is 0 Å². The minimum Gasteiger partial charge on any atom is -0.393 e. The lowest BCUT2D eigenvalue weighted by atomic mass is 9.45. The van der Waals surface area contributed by atoms with Crippen LogP contribution in [0.5, 0.6) is 0 Å². The number of quaternary nitrogens is 1. The fourth-order valence-corrected chi connectivity index (χ4v) is 7.32. The summed E-state index contributed by atoms with van der Waals surface area (Å²) in [7, 11) is 0.